The Morgan fingerprint density at radius 2 is 1.69 bits per heavy atom. The number of rotatable bonds is 2. The SMILES string of the molecule is O=C(CC(Br)(Br)Br)c1ccccc1. The quantitative estimate of drug-likeness (QED) is 0.566. The van der Waals surface area contributed by atoms with Crippen LogP contribution in [-0.2, 0) is 0 Å². The van der Waals surface area contributed by atoms with Gasteiger partial charge in [0.1, 0.15) is 2.14 Å². The number of hydrogen-bond donors (Lipinski definition) is 0. The fourth-order valence-electron chi connectivity index (χ4n) is 0.908. The van der Waals surface area contributed by atoms with Crippen molar-refractivity contribution in [3.63, 3.8) is 0 Å². The molecule has 0 heterocycles. The molecule has 0 fully saturated rings. The Labute approximate surface area is 102 Å². The van der Waals surface area contributed by atoms with Gasteiger partial charge < -0.3 is 0 Å². The van der Waals surface area contributed by atoms with Crippen molar-refractivity contribution in [2.24, 2.45) is 0 Å². The maximum atomic E-state index is 11.6. The van der Waals surface area contributed by atoms with Crippen molar-refractivity contribution in [1.82, 2.24) is 0 Å². The van der Waals surface area contributed by atoms with Crippen LogP contribution < -0.4 is 0 Å². The summed E-state index contributed by atoms with van der Waals surface area (Å²) >= 11 is 9.87. The van der Waals surface area contributed by atoms with Crippen LogP contribution in [0, 0.1) is 0 Å². The zero-order chi connectivity index (χ0) is 9.90. The van der Waals surface area contributed by atoms with Crippen molar-refractivity contribution in [2.75, 3.05) is 0 Å². The minimum Gasteiger partial charge on any atom is -0.294 e. The number of alkyl halides is 3. The highest BCUT2D eigenvalue weighted by atomic mass is 80.0. The van der Waals surface area contributed by atoms with Gasteiger partial charge in [0.15, 0.2) is 5.78 Å². The van der Waals surface area contributed by atoms with E-state index in [9.17, 15) is 4.79 Å². The lowest BCUT2D eigenvalue weighted by Crippen LogP contribution is -2.09. The molecule has 0 aliphatic heterocycles. The van der Waals surface area contributed by atoms with Crippen molar-refractivity contribution >= 4 is 53.6 Å². The molecule has 0 amide bonds. The van der Waals surface area contributed by atoms with Gasteiger partial charge in [-0.1, -0.05) is 78.1 Å². The van der Waals surface area contributed by atoms with Crippen LogP contribution in [0.25, 0.3) is 0 Å². The highest BCUT2D eigenvalue weighted by molar-refractivity contribution is 9.39. The fourth-order valence-corrected chi connectivity index (χ4v) is 1.67. The van der Waals surface area contributed by atoms with Crippen LogP contribution in [-0.4, -0.2) is 7.93 Å². The Balaban J connectivity index is 2.71. The normalized spacial score (nSPS) is 11.3. The number of hydrogen-bond acceptors (Lipinski definition) is 1. The standard InChI is InChI=1S/C9H7Br3O/c10-9(11,12)6-8(13)7-4-2-1-3-5-7/h1-5H,6H2. The number of carbonyl (C=O) groups is 1. The first-order valence-electron chi connectivity index (χ1n) is 3.64. The molecule has 4 heteroatoms. The van der Waals surface area contributed by atoms with Crippen LogP contribution in [0.4, 0.5) is 0 Å². The number of ketones is 1. The second-order valence-electron chi connectivity index (χ2n) is 2.58. The van der Waals surface area contributed by atoms with E-state index in [1.54, 1.807) is 12.1 Å². The van der Waals surface area contributed by atoms with E-state index in [2.05, 4.69) is 47.8 Å². The lowest BCUT2D eigenvalue weighted by Gasteiger charge is -2.10. The molecule has 0 saturated carbocycles. The average Bonchev–Trinajstić information content (AvgIpc) is 2.03. The zero-order valence-electron chi connectivity index (χ0n) is 6.64. The first-order chi connectivity index (χ1) is 5.99. The molecule has 0 aromatic heterocycles. The number of Topliss-reactive ketones (excluding diaryl/α,β-unsaturated/α-hetero) is 1. The molecule has 0 unspecified atom stereocenters. The lowest BCUT2D eigenvalue weighted by molar-refractivity contribution is 0.0987. The van der Waals surface area contributed by atoms with Gasteiger partial charge in [0.2, 0.25) is 0 Å². The van der Waals surface area contributed by atoms with Crippen LogP contribution >= 0.6 is 47.8 Å². The Morgan fingerprint density at radius 3 is 2.15 bits per heavy atom. The third-order valence-corrected chi connectivity index (χ3v) is 2.30. The first-order valence-corrected chi connectivity index (χ1v) is 6.02. The Hall–Kier alpha value is 0.330. The van der Waals surface area contributed by atoms with Gasteiger partial charge in [-0.25, -0.2) is 0 Å². The van der Waals surface area contributed by atoms with Gasteiger partial charge in [-0.2, -0.15) is 0 Å². The highest BCUT2D eigenvalue weighted by Crippen LogP contribution is 2.37. The summed E-state index contributed by atoms with van der Waals surface area (Å²) < 4.78 is -0.486. The Bertz CT molecular complexity index is 289. The van der Waals surface area contributed by atoms with Gasteiger partial charge in [0.25, 0.3) is 0 Å². The Kier molecular flexibility index (Phi) is 4.13. The third kappa shape index (κ3) is 4.38. The molecule has 0 atom stereocenters. The molecule has 1 nitrogen and oxygen atoms in total. The maximum absolute atomic E-state index is 11.6. The van der Waals surface area contributed by atoms with E-state index in [0.29, 0.717) is 6.42 Å². The van der Waals surface area contributed by atoms with Gasteiger partial charge in [0, 0.05) is 12.0 Å². The summed E-state index contributed by atoms with van der Waals surface area (Å²) in [7, 11) is 0. The van der Waals surface area contributed by atoms with E-state index in [1.807, 2.05) is 18.2 Å². The summed E-state index contributed by atoms with van der Waals surface area (Å²) in [6.07, 6.45) is 0.358. The second kappa shape index (κ2) is 4.71. The molecular formula is C9H7Br3O. The molecule has 0 N–H and O–H groups in total. The Morgan fingerprint density at radius 1 is 1.15 bits per heavy atom. The van der Waals surface area contributed by atoms with E-state index in [4.69, 9.17) is 0 Å². The summed E-state index contributed by atoms with van der Waals surface area (Å²) in [6, 6.07) is 9.21. The first kappa shape index (κ1) is 11.4. The zero-order valence-corrected chi connectivity index (χ0v) is 11.4. The fraction of sp³-hybridized carbons (Fsp3) is 0.222. The summed E-state index contributed by atoms with van der Waals surface area (Å²) in [5.74, 6) is 0.0891. The third-order valence-electron chi connectivity index (χ3n) is 1.46. The molecule has 13 heavy (non-hydrogen) atoms. The number of carbonyl (C=O) groups excluding carboxylic acids is 1. The molecule has 0 bridgehead atoms. The summed E-state index contributed by atoms with van der Waals surface area (Å²) in [5.41, 5.74) is 0.727. The maximum Gasteiger partial charge on any atom is 0.166 e. The van der Waals surface area contributed by atoms with Crippen LogP contribution in [0.15, 0.2) is 30.3 Å². The molecule has 70 valence electrons. The monoisotopic (exact) mass is 368 g/mol. The molecule has 0 spiro atoms. The predicted molar refractivity (Wildman–Crippen MR) is 64.9 cm³/mol. The smallest absolute Gasteiger partial charge is 0.166 e. The van der Waals surface area contributed by atoms with Gasteiger partial charge in [-0.05, 0) is 0 Å². The minimum atomic E-state index is -0.486. The number of benzene rings is 1. The van der Waals surface area contributed by atoms with Gasteiger partial charge >= 0.3 is 0 Å². The van der Waals surface area contributed by atoms with Crippen LogP contribution in [0.1, 0.15) is 16.8 Å². The molecule has 1 aromatic carbocycles. The molecule has 0 saturated heterocycles. The van der Waals surface area contributed by atoms with Gasteiger partial charge in [-0.3, -0.25) is 4.79 Å². The molecule has 1 rings (SSSR count). The van der Waals surface area contributed by atoms with E-state index in [-0.39, 0.29) is 5.78 Å². The van der Waals surface area contributed by atoms with Crippen LogP contribution in [0.5, 0.6) is 0 Å². The lowest BCUT2D eigenvalue weighted by atomic mass is 10.1. The van der Waals surface area contributed by atoms with Crippen molar-refractivity contribution in [2.45, 2.75) is 8.56 Å². The van der Waals surface area contributed by atoms with Gasteiger partial charge in [0.05, 0.1) is 0 Å². The topological polar surface area (TPSA) is 17.1 Å². The summed E-state index contributed by atoms with van der Waals surface area (Å²) in [5, 5.41) is 0. The number of halogens is 3. The molecule has 0 radical (unpaired) electrons. The summed E-state index contributed by atoms with van der Waals surface area (Å²) in [4.78, 5) is 11.6. The van der Waals surface area contributed by atoms with Gasteiger partial charge in [-0.15, -0.1) is 0 Å². The minimum absolute atomic E-state index is 0.0891. The summed E-state index contributed by atoms with van der Waals surface area (Å²) in [6.45, 7) is 0. The largest absolute Gasteiger partial charge is 0.294 e. The predicted octanol–water partition coefficient (Wildman–Crippen LogP) is 4.10. The molecule has 1 aromatic rings. The highest BCUT2D eigenvalue weighted by Gasteiger charge is 2.22. The molecule has 0 aliphatic carbocycles. The molecular weight excluding hydrogens is 364 g/mol. The van der Waals surface area contributed by atoms with Crippen LogP contribution in [0.3, 0.4) is 0 Å². The van der Waals surface area contributed by atoms with E-state index in [0.717, 1.165) is 5.56 Å². The molecule has 0 aliphatic rings. The van der Waals surface area contributed by atoms with Crippen LogP contribution in [0.2, 0.25) is 0 Å². The van der Waals surface area contributed by atoms with E-state index >= 15 is 0 Å². The van der Waals surface area contributed by atoms with E-state index in [1.165, 1.54) is 0 Å². The second-order valence-corrected chi connectivity index (χ2v) is 9.83. The van der Waals surface area contributed by atoms with Crippen molar-refractivity contribution in [3.05, 3.63) is 35.9 Å². The van der Waals surface area contributed by atoms with Crippen molar-refractivity contribution in [3.8, 4) is 0 Å². The average molecular weight is 371 g/mol. The van der Waals surface area contributed by atoms with E-state index < -0.39 is 2.14 Å². The van der Waals surface area contributed by atoms with Crippen molar-refractivity contribution in [1.29, 1.82) is 0 Å². The van der Waals surface area contributed by atoms with Crippen molar-refractivity contribution < 1.29 is 4.79 Å².